The lowest BCUT2D eigenvalue weighted by Crippen LogP contribution is -2.57. The average molecular weight is 487 g/mol. The van der Waals surface area contributed by atoms with E-state index in [1.807, 2.05) is 36.1 Å². The molecule has 0 radical (unpaired) electrons. The molecule has 34 heavy (non-hydrogen) atoms. The maximum Gasteiger partial charge on any atom is 0.242 e. The summed E-state index contributed by atoms with van der Waals surface area (Å²) in [4.78, 5) is 37.5. The Hall–Kier alpha value is -2.20. The molecule has 1 unspecified atom stereocenters. The molecular weight excluding hydrogens is 456 g/mol. The van der Waals surface area contributed by atoms with Crippen LogP contribution in [0.15, 0.2) is 29.2 Å². The first-order chi connectivity index (χ1) is 16.4. The van der Waals surface area contributed by atoms with E-state index >= 15 is 0 Å². The Morgan fingerprint density at radius 2 is 2.09 bits per heavy atom. The number of piperazine rings is 1. The van der Waals surface area contributed by atoms with Crippen LogP contribution in [0.1, 0.15) is 37.8 Å². The fourth-order valence-electron chi connectivity index (χ4n) is 5.86. The number of hydroxylamine groups is 1. The lowest BCUT2D eigenvalue weighted by atomic mass is 10.1. The first-order valence-corrected chi connectivity index (χ1v) is 12.5. The van der Waals surface area contributed by atoms with E-state index in [0.717, 1.165) is 41.8 Å². The van der Waals surface area contributed by atoms with Gasteiger partial charge in [0.15, 0.2) is 0 Å². The van der Waals surface area contributed by atoms with Crippen molar-refractivity contribution in [1.82, 2.24) is 20.2 Å². The van der Waals surface area contributed by atoms with Gasteiger partial charge in [0.25, 0.3) is 0 Å². The Bertz CT molecular complexity index is 987. The summed E-state index contributed by atoms with van der Waals surface area (Å²) < 4.78 is 4.92. The summed E-state index contributed by atoms with van der Waals surface area (Å²) in [5, 5.41) is 9.39. The Balaban J connectivity index is 1.18. The van der Waals surface area contributed by atoms with Crippen molar-refractivity contribution in [3.05, 3.63) is 29.8 Å². The number of nitrogens with one attached hydrogen (secondary N) is 1. The minimum Gasteiger partial charge on any atom is -0.330 e. The fraction of sp³-hybridized carbons (Fsp3) is 0.609. The van der Waals surface area contributed by atoms with Crippen LogP contribution in [0.25, 0.3) is 0 Å². The minimum atomic E-state index is -0.715. The van der Waals surface area contributed by atoms with Gasteiger partial charge in [-0.05, 0) is 49.8 Å². The van der Waals surface area contributed by atoms with Crippen molar-refractivity contribution in [3.8, 4) is 6.07 Å². The Kier molecular flexibility index (Phi) is 6.54. The highest BCUT2D eigenvalue weighted by Crippen LogP contribution is 2.48. The molecule has 2 bridgehead atoms. The number of likely N-dealkylation sites (tertiary alicyclic amines) is 3. The predicted octanol–water partition coefficient (Wildman–Crippen LogP) is 0.963. The molecule has 0 spiro atoms. The van der Waals surface area contributed by atoms with Gasteiger partial charge < -0.3 is 15.5 Å². The van der Waals surface area contributed by atoms with Gasteiger partial charge >= 0.3 is 0 Å². The summed E-state index contributed by atoms with van der Waals surface area (Å²) in [6, 6.07) is 9.01. The zero-order chi connectivity index (χ0) is 24.0. The number of benzene rings is 1. The third-order valence-electron chi connectivity index (χ3n) is 7.60. The van der Waals surface area contributed by atoms with E-state index in [4.69, 9.17) is 10.1 Å². The molecule has 1 aromatic carbocycles. The number of rotatable bonds is 9. The van der Waals surface area contributed by atoms with E-state index in [9.17, 15) is 14.9 Å². The second-order valence-corrected chi connectivity index (χ2v) is 10.4. The number of nitriles is 1. The van der Waals surface area contributed by atoms with Gasteiger partial charge in [-0.2, -0.15) is 10.7 Å². The Labute approximate surface area is 203 Å². The van der Waals surface area contributed by atoms with Crippen LogP contribution in [-0.2, 0) is 18.9 Å². The van der Waals surface area contributed by atoms with Crippen LogP contribution >= 0.6 is 12.0 Å². The summed E-state index contributed by atoms with van der Waals surface area (Å²) in [6.07, 6.45) is 2.49. The van der Waals surface area contributed by atoms with Crippen LogP contribution in [0.5, 0.6) is 0 Å². The van der Waals surface area contributed by atoms with E-state index in [2.05, 4.69) is 21.4 Å². The number of carbonyl (C=O) groups is 2. The van der Waals surface area contributed by atoms with Gasteiger partial charge in [-0.25, -0.2) is 0 Å². The molecule has 3 saturated heterocycles. The maximum absolute atomic E-state index is 13.3. The molecular formula is C23H30N6O4S. The van der Waals surface area contributed by atoms with Crippen molar-refractivity contribution < 1.29 is 18.9 Å². The van der Waals surface area contributed by atoms with E-state index in [0.29, 0.717) is 19.0 Å². The summed E-state index contributed by atoms with van der Waals surface area (Å²) >= 11 is 1.10. The topological polar surface area (TPSA) is 124 Å². The number of fused-ring (bicyclic) bond motifs is 3. The van der Waals surface area contributed by atoms with Gasteiger partial charge in [0, 0.05) is 37.1 Å². The SMILES string of the molecule is CNOOSc1ccc([C@@H](C)N2C(=O)[C@@H]3CC2CN3C[C@H](N)C(=O)N2[C@H](C#N)C[C@@H]3C[C@@H]32)cc1. The van der Waals surface area contributed by atoms with E-state index in [1.54, 1.807) is 11.9 Å². The molecule has 1 saturated carbocycles. The quantitative estimate of drug-likeness (QED) is 0.227. The van der Waals surface area contributed by atoms with Gasteiger partial charge in [-0.3, -0.25) is 14.5 Å². The second kappa shape index (κ2) is 9.45. The van der Waals surface area contributed by atoms with Crippen molar-refractivity contribution in [2.75, 3.05) is 20.1 Å². The normalized spacial score (nSPS) is 31.5. The number of carbonyl (C=O) groups excluding carboxylic acids is 2. The molecule has 1 aromatic rings. The molecule has 5 rings (SSSR count). The fourth-order valence-corrected chi connectivity index (χ4v) is 6.29. The number of hydrogen-bond acceptors (Lipinski definition) is 9. The zero-order valence-electron chi connectivity index (χ0n) is 19.3. The summed E-state index contributed by atoms with van der Waals surface area (Å²) in [5.41, 5.74) is 9.79. The monoisotopic (exact) mass is 486 g/mol. The van der Waals surface area contributed by atoms with Gasteiger partial charge in [-0.15, -0.1) is 9.32 Å². The number of nitrogens with zero attached hydrogens (tertiary/aromatic N) is 4. The number of piperidine rings is 1. The smallest absolute Gasteiger partial charge is 0.242 e. The molecule has 4 aliphatic rings. The molecule has 4 fully saturated rings. The third kappa shape index (κ3) is 4.19. The molecule has 182 valence electrons. The largest absolute Gasteiger partial charge is 0.330 e. The number of hydrogen-bond donors (Lipinski definition) is 2. The molecule has 3 aliphatic heterocycles. The van der Waals surface area contributed by atoms with Crippen LogP contribution in [0.4, 0.5) is 0 Å². The van der Waals surface area contributed by atoms with Crippen LogP contribution in [-0.4, -0.2) is 76.9 Å². The summed E-state index contributed by atoms with van der Waals surface area (Å²) in [6.45, 7) is 3.10. The zero-order valence-corrected chi connectivity index (χ0v) is 20.1. The first kappa shape index (κ1) is 23.5. The lowest BCUT2D eigenvalue weighted by Gasteiger charge is -2.38. The predicted molar refractivity (Wildman–Crippen MR) is 123 cm³/mol. The molecule has 3 heterocycles. The summed E-state index contributed by atoms with van der Waals surface area (Å²) in [5.74, 6) is 0.395. The van der Waals surface area contributed by atoms with Crippen LogP contribution < -0.4 is 11.2 Å². The highest BCUT2D eigenvalue weighted by atomic mass is 32.2. The first-order valence-electron chi connectivity index (χ1n) is 11.7. The maximum atomic E-state index is 13.3. The molecule has 11 heteroatoms. The van der Waals surface area contributed by atoms with Crippen LogP contribution in [0, 0.1) is 17.2 Å². The number of amides is 2. The molecule has 10 nitrogen and oxygen atoms in total. The second-order valence-electron chi connectivity index (χ2n) is 9.58. The summed E-state index contributed by atoms with van der Waals surface area (Å²) in [7, 11) is 1.61. The van der Waals surface area contributed by atoms with Gasteiger partial charge in [0.1, 0.15) is 6.04 Å². The van der Waals surface area contributed by atoms with Crippen LogP contribution in [0.2, 0.25) is 0 Å². The molecule has 1 aliphatic carbocycles. The van der Waals surface area contributed by atoms with Gasteiger partial charge in [0.2, 0.25) is 11.8 Å². The van der Waals surface area contributed by atoms with E-state index < -0.39 is 6.04 Å². The highest BCUT2D eigenvalue weighted by Gasteiger charge is 2.56. The van der Waals surface area contributed by atoms with Crippen molar-refractivity contribution in [2.45, 2.75) is 67.3 Å². The standard InChI is InChI=1S/C23H30N6O4S/c1-13(14-3-5-18(6-4-14)34-33-32-26-2)28-17-9-21(23(28)31)27(11-17)12-19(25)22(30)29-16(10-24)7-15-8-20(15)29/h3-6,13,15-17,19-21,26H,7-9,11-12,25H2,1-2H3/t13-,15-,16+,17?,19+,20+,21+/m1/s1. The average Bonchev–Trinajstić information content (AvgIpc) is 3.16. The molecule has 2 amide bonds. The van der Waals surface area contributed by atoms with Gasteiger partial charge in [-0.1, -0.05) is 12.1 Å². The molecule has 0 aromatic heterocycles. The third-order valence-corrected chi connectivity index (χ3v) is 8.20. The van der Waals surface area contributed by atoms with Crippen molar-refractivity contribution in [3.63, 3.8) is 0 Å². The highest BCUT2D eigenvalue weighted by molar-refractivity contribution is 7.94. The Morgan fingerprint density at radius 3 is 2.76 bits per heavy atom. The van der Waals surface area contributed by atoms with Crippen molar-refractivity contribution >= 4 is 23.9 Å². The lowest BCUT2D eigenvalue weighted by molar-refractivity contribution is -0.237. The van der Waals surface area contributed by atoms with Crippen molar-refractivity contribution in [2.24, 2.45) is 11.7 Å². The Morgan fingerprint density at radius 1 is 1.32 bits per heavy atom. The minimum absolute atomic E-state index is 0.0544. The van der Waals surface area contributed by atoms with Gasteiger partial charge in [0.05, 0.1) is 36.2 Å². The van der Waals surface area contributed by atoms with E-state index in [-0.39, 0.29) is 42.0 Å². The molecule has 7 atom stereocenters. The van der Waals surface area contributed by atoms with Crippen molar-refractivity contribution in [1.29, 1.82) is 5.26 Å². The molecule has 3 N–H and O–H groups in total. The number of nitrogens with two attached hydrogens (primary N) is 1. The van der Waals surface area contributed by atoms with E-state index in [1.165, 1.54) is 0 Å². The van der Waals surface area contributed by atoms with Crippen LogP contribution in [0.3, 0.4) is 0 Å².